The van der Waals surface area contributed by atoms with E-state index < -0.39 is 12.0 Å². The van der Waals surface area contributed by atoms with Gasteiger partial charge in [0, 0.05) is 7.11 Å². The molecule has 0 amide bonds. The third kappa shape index (κ3) is 7.64. The SMILES string of the molecule is COC(C)CCN[C@@H](CCSC)C(=O)O. The van der Waals surface area contributed by atoms with Crippen LogP contribution in [0.1, 0.15) is 19.8 Å². The lowest BCUT2D eigenvalue weighted by Gasteiger charge is -2.15. The Morgan fingerprint density at radius 3 is 2.67 bits per heavy atom. The minimum atomic E-state index is -0.769. The number of rotatable bonds is 9. The summed E-state index contributed by atoms with van der Waals surface area (Å²) in [5.41, 5.74) is 0. The zero-order chi connectivity index (χ0) is 11.7. The Balaban J connectivity index is 3.71. The number of ether oxygens (including phenoxy) is 1. The summed E-state index contributed by atoms with van der Waals surface area (Å²) in [7, 11) is 1.66. The molecule has 0 aromatic carbocycles. The molecule has 0 heterocycles. The Bertz CT molecular complexity index is 178. The molecule has 90 valence electrons. The molecule has 2 atom stereocenters. The van der Waals surface area contributed by atoms with Gasteiger partial charge in [0.2, 0.25) is 0 Å². The van der Waals surface area contributed by atoms with E-state index in [1.165, 1.54) is 0 Å². The van der Waals surface area contributed by atoms with Crippen molar-refractivity contribution in [2.24, 2.45) is 0 Å². The number of thioether (sulfide) groups is 1. The van der Waals surface area contributed by atoms with Gasteiger partial charge in [0.05, 0.1) is 6.10 Å². The molecule has 0 saturated heterocycles. The van der Waals surface area contributed by atoms with Crippen LogP contribution in [-0.2, 0) is 9.53 Å². The lowest BCUT2D eigenvalue weighted by molar-refractivity contribution is -0.139. The summed E-state index contributed by atoms with van der Waals surface area (Å²) in [6.07, 6.45) is 3.65. The van der Waals surface area contributed by atoms with Crippen molar-refractivity contribution < 1.29 is 14.6 Å². The predicted octanol–water partition coefficient (Wildman–Crippen LogP) is 1.21. The maximum Gasteiger partial charge on any atom is 0.320 e. The number of methoxy groups -OCH3 is 1. The van der Waals surface area contributed by atoms with E-state index in [1.807, 2.05) is 13.2 Å². The fourth-order valence-corrected chi connectivity index (χ4v) is 1.60. The van der Waals surface area contributed by atoms with Gasteiger partial charge in [-0.25, -0.2) is 0 Å². The molecule has 0 rings (SSSR count). The van der Waals surface area contributed by atoms with Gasteiger partial charge >= 0.3 is 5.97 Å². The van der Waals surface area contributed by atoms with E-state index in [0.29, 0.717) is 13.0 Å². The van der Waals surface area contributed by atoms with Gasteiger partial charge in [-0.2, -0.15) is 11.8 Å². The molecular weight excluding hydrogens is 214 g/mol. The molecule has 0 aliphatic rings. The van der Waals surface area contributed by atoms with E-state index >= 15 is 0 Å². The van der Waals surface area contributed by atoms with Gasteiger partial charge in [-0.1, -0.05) is 0 Å². The number of carboxylic acids is 1. The van der Waals surface area contributed by atoms with Crippen molar-refractivity contribution in [1.29, 1.82) is 0 Å². The maximum absolute atomic E-state index is 10.8. The van der Waals surface area contributed by atoms with Crippen molar-refractivity contribution in [3.8, 4) is 0 Å². The predicted molar refractivity (Wildman–Crippen MR) is 63.5 cm³/mol. The minimum Gasteiger partial charge on any atom is -0.480 e. The standard InChI is InChI=1S/C10H21NO3S/c1-8(14-2)4-6-11-9(10(12)13)5-7-15-3/h8-9,11H,4-7H2,1-3H3,(H,12,13)/t8?,9-/m0/s1. The third-order valence-electron chi connectivity index (χ3n) is 2.25. The lowest BCUT2D eigenvalue weighted by Crippen LogP contribution is -2.38. The molecule has 0 radical (unpaired) electrons. The van der Waals surface area contributed by atoms with Crippen LogP contribution in [0.5, 0.6) is 0 Å². The molecule has 0 spiro atoms. The monoisotopic (exact) mass is 235 g/mol. The molecule has 0 aromatic rings. The topological polar surface area (TPSA) is 58.6 Å². The first-order valence-corrected chi connectivity index (χ1v) is 6.49. The summed E-state index contributed by atoms with van der Waals surface area (Å²) >= 11 is 1.66. The van der Waals surface area contributed by atoms with Crippen molar-refractivity contribution in [3.63, 3.8) is 0 Å². The summed E-state index contributed by atoms with van der Waals surface area (Å²) in [5.74, 6) is 0.0955. The molecule has 4 nitrogen and oxygen atoms in total. The number of carbonyl (C=O) groups is 1. The highest BCUT2D eigenvalue weighted by molar-refractivity contribution is 7.98. The fourth-order valence-electron chi connectivity index (χ4n) is 1.13. The van der Waals surface area contributed by atoms with Gasteiger partial charge in [0.25, 0.3) is 0 Å². The van der Waals surface area contributed by atoms with Gasteiger partial charge in [-0.15, -0.1) is 0 Å². The molecule has 15 heavy (non-hydrogen) atoms. The summed E-state index contributed by atoms with van der Waals surface area (Å²) in [5, 5.41) is 11.9. The average Bonchev–Trinajstić information content (AvgIpc) is 2.22. The van der Waals surface area contributed by atoms with Gasteiger partial charge in [-0.3, -0.25) is 4.79 Å². The van der Waals surface area contributed by atoms with Crippen LogP contribution >= 0.6 is 11.8 Å². The summed E-state index contributed by atoms with van der Waals surface area (Å²) in [6, 6.07) is -0.429. The Labute approximate surface area is 95.8 Å². The molecular formula is C10H21NO3S. The minimum absolute atomic E-state index is 0.174. The first kappa shape index (κ1) is 14.7. The van der Waals surface area contributed by atoms with Crippen molar-refractivity contribution in [1.82, 2.24) is 5.32 Å². The number of hydrogen-bond donors (Lipinski definition) is 2. The summed E-state index contributed by atoms with van der Waals surface area (Å²) < 4.78 is 5.08. The molecule has 0 bridgehead atoms. The largest absolute Gasteiger partial charge is 0.480 e. The van der Waals surface area contributed by atoms with E-state index in [9.17, 15) is 4.79 Å². The molecule has 0 aliphatic carbocycles. The van der Waals surface area contributed by atoms with Crippen LogP contribution in [0.4, 0.5) is 0 Å². The maximum atomic E-state index is 10.8. The smallest absolute Gasteiger partial charge is 0.320 e. The average molecular weight is 235 g/mol. The number of hydrogen-bond acceptors (Lipinski definition) is 4. The molecule has 0 aliphatic heterocycles. The molecule has 0 aromatic heterocycles. The number of carboxylic acid groups (broad SMARTS) is 1. The Hall–Kier alpha value is -0.260. The number of aliphatic carboxylic acids is 1. The van der Waals surface area contributed by atoms with Crippen molar-refractivity contribution in [2.45, 2.75) is 31.9 Å². The highest BCUT2D eigenvalue weighted by atomic mass is 32.2. The van der Waals surface area contributed by atoms with Crippen LogP contribution in [0.2, 0.25) is 0 Å². The van der Waals surface area contributed by atoms with Crippen LogP contribution in [0.3, 0.4) is 0 Å². The molecule has 2 N–H and O–H groups in total. The van der Waals surface area contributed by atoms with E-state index in [0.717, 1.165) is 12.2 Å². The second-order valence-electron chi connectivity index (χ2n) is 3.46. The van der Waals surface area contributed by atoms with Crippen LogP contribution in [0, 0.1) is 0 Å². The Morgan fingerprint density at radius 2 is 2.20 bits per heavy atom. The normalized spacial score (nSPS) is 14.9. The fraction of sp³-hybridized carbons (Fsp3) is 0.900. The van der Waals surface area contributed by atoms with Crippen molar-refractivity contribution >= 4 is 17.7 Å². The van der Waals surface area contributed by atoms with E-state index in [4.69, 9.17) is 9.84 Å². The summed E-state index contributed by atoms with van der Waals surface area (Å²) in [4.78, 5) is 10.8. The second-order valence-corrected chi connectivity index (χ2v) is 4.45. The second kappa shape index (κ2) is 9.00. The molecule has 0 fully saturated rings. The molecule has 0 saturated carbocycles. The summed E-state index contributed by atoms with van der Waals surface area (Å²) in [6.45, 7) is 2.65. The van der Waals surface area contributed by atoms with Gasteiger partial charge in [-0.05, 0) is 38.3 Å². The van der Waals surface area contributed by atoms with Crippen LogP contribution < -0.4 is 5.32 Å². The highest BCUT2D eigenvalue weighted by Crippen LogP contribution is 2.02. The van der Waals surface area contributed by atoms with Crippen LogP contribution in [0.15, 0.2) is 0 Å². The van der Waals surface area contributed by atoms with E-state index in [-0.39, 0.29) is 6.10 Å². The van der Waals surface area contributed by atoms with Crippen molar-refractivity contribution in [2.75, 3.05) is 25.7 Å². The van der Waals surface area contributed by atoms with E-state index in [1.54, 1.807) is 18.9 Å². The Kier molecular flexibility index (Phi) is 8.85. The number of nitrogens with one attached hydrogen (secondary N) is 1. The first-order valence-electron chi connectivity index (χ1n) is 5.09. The quantitative estimate of drug-likeness (QED) is 0.629. The Morgan fingerprint density at radius 1 is 1.53 bits per heavy atom. The molecule has 1 unspecified atom stereocenters. The third-order valence-corrected chi connectivity index (χ3v) is 2.90. The van der Waals surface area contributed by atoms with Crippen LogP contribution in [-0.4, -0.2) is 48.9 Å². The van der Waals surface area contributed by atoms with E-state index in [2.05, 4.69) is 5.32 Å². The first-order chi connectivity index (χ1) is 7.11. The molecule has 5 heteroatoms. The van der Waals surface area contributed by atoms with Gasteiger partial charge in [0.1, 0.15) is 6.04 Å². The highest BCUT2D eigenvalue weighted by Gasteiger charge is 2.15. The lowest BCUT2D eigenvalue weighted by atomic mass is 10.2. The zero-order valence-electron chi connectivity index (χ0n) is 9.66. The van der Waals surface area contributed by atoms with Gasteiger partial charge < -0.3 is 15.2 Å². The van der Waals surface area contributed by atoms with Crippen LogP contribution in [0.25, 0.3) is 0 Å². The van der Waals surface area contributed by atoms with Crippen molar-refractivity contribution in [3.05, 3.63) is 0 Å². The van der Waals surface area contributed by atoms with Gasteiger partial charge in [0.15, 0.2) is 0 Å². The zero-order valence-corrected chi connectivity index (χ0v) is 10.5.